The van der Waals surface area contributed by atoms with Gasteiger partial charge < -0.3 is 50.2 Å². The van der Waals surface area contributed by atoms with Crippen LogP contribution in [0.3, 0.4) is 0 Å². The molecule has 6 aliphatic rings. The molecule has 0 spiro atoms. The standard InChI is InChI=1S/C61H77NO12/c1-3-21-61(71)47-19-20-52(65)44(28-47)23-37-11-10-12-38(22-37)26-49(64)30-46-27-41(43-24-39(34-63)25-48(29-43)62-36-60(2,70)53(66)35-72-50-15-8-5-9-16-50)17-18-42-33-55(67)74-58-51(42)31-45(32-54(61)73-59(46)69)57(68)56(58)40-13-6-4-7-14-40/h10-12,22,24-25,29-31,40-42,44,47,49-50,53-54,62-64,66,68,70-71H,3-9,13-16,19-21,23,26-28,32-36H2,1-2H3. The molecular formula is C61H77NO12. The molecule has 0 amide bonds. The van der Waals surface area contributed by atoms with Gasteiger partial charge in [-0.15, -0.1) is 0 Å². The Bertz CT molecular complexity index is 2620. The fourth-order valence-electron chi connectivity index (χ4n) is 12.9. The van der Waals surface area contributed by atoms with Crippen molar-refractivity contribution >= 4 is 23.4 Å². The van der Waals surface area contributed by atoms with Crippen LogP contribution in [0.4, 0.5) is 5.69 Å². The average Bonchev–Trinajstić information content (AvgIpc) is 3.40. The van der Waals surface area contributed by atoms with E-state index in [4.69, 9.17) is 14.2 Å². The van der Waals surface area contributed by atoms with E-state index in [1.165, 1.54) is 6.08 Å². The number of benzene rings is 3. The second-order valence-corrected chi connectivity index (χ2v) is 22.7. The number of aliphatic hydroxyl groups excluding tert-OH is 3. The summed E-state index contributed by atoms with van der Waals surface area (Å²) < 4.78 is 18.9. The number of aromatic hydroxyl groups is 1. The fourth-order valence-corrected chi connectivity index (χ4v) is 12.9. The number of aliphatic hydroxyl groups is 5. The van der Waals surface area contributed by atoms with Crippen LogP contribution in [0.25, 0.3) is 0 Å². The van der Waals surface area contributed by atoms with E-state index in [2.05, 4.69) is 17.2 Å². The predicted octanol–water partition coefficient (Wildman–Crippen LogP) is 8.45. The van der Waals surface area contributed by atoms with Crippen molar-refractivity contribution in [1.82, 2.24) is 0 Å². The molecule has 398 valence electrons. The van der Waals surface area contributed by atoms with Crippen LogP contribution in [-0.4, -0.2) is 97.1 Å². The fraction of sp³-hybridized carbons (Fsp3) is 0.590. The lowest BCUT2D eigenvalue weighted by Crippen LogP contribution is -2.54. The van der Waals surface area contributed by atoms with Crippen molar-refractivity contribution in [3.63, 3.8) is 0 Å². The number of rotatable bonds is 12. The molecule has 74 heavy (non-hydrogen) atoms. The number of nitrogens with one attached hydrogen (secondary N) is 1. The minimum absolute atomic E-state index is 0.0277. The van der Waals surface area contributed by atoms with Gasteiger partial charge in [0.2, 0.25) is 0 Å². The number of carbonyl (C=O) groups is 3. The highest BCUT2D eigenvalue weighted by molar-refractivity contribution is 5.89. The van der Waals surface area contributed by atoms with Gasteiger partial charge in [-0.1, -0.05) is 94.0 Å². The molecule has 8 bridgehead atoms. The lowest BCUT2D eigenvalue weighted by Gasteiger charge is -2.45. The van der Waals surface area contributed by atoms with Crippen LogP contribution in [0.1, 0.15) is 180 Å². The van der Waals surface area contributed by atoms with Gasteiger partial charge in [0.15, 0.2) is 0 Å². The largest absolute Gasteiger partial charge is 0.507 e. The van der Waals surface area contributed by atoms with E-state index in [1.54, 1.807) is 25.1 Å². The van der Waals surface area contributed by atoms with Crippen LogP contribution in [0.5, 0.6) is 11.5 Å². The first-order valence-corrected chi connectivity index (χ1v) is 27.6. The van der Waals surface area contributed by atoms with E-state index in [-0.39, 0.29) is 87.4 Å². The number of hydrogen-bond donors (Lipinski definition) is 7. The summed E-state index contributed by atoms with van der Waals surface area (Å²) >= 11 is 0. The van der Waals surface area contributed by atoms with Gasteiger partial charge >= 0.3 is 11.9 Å². The molecule has 9 rings (SSSR count). The van der Waals surface area contributed by atoms with Gasteiger partial charge in [0.05, 0.1) is 37.8 Å². The van der Waals surface area contributed by atoms with E-state index in [1.807, 2.05) is 37.3 Å². The summed E-state index contributed by atoms with van der Waals surface area (Å²) in [5, 5.41) is 74.7. The Balaban J connectivity index is 1.18. The number of fused-ring (bicyclic) bond motifs is 8. The van der Waals surface area contributed by atoms with Crippen LogP contribution >= 0.6 is 0 Å². The van der Waals surface area contributed by atoms with Crippen LogP contribution in [-0.2, 0) is 49.7 Å². The SMILES string of the molecule is CCCC1(O)C2CCC(=O)C(Cc3cccc(c3)CC(O)C=C3CC(c4cc(CO)cc(NCC(C)(O)C(O)COC5CCCCC5)c4)C#CC4CC(=O)Oc5c4cc(c(O)c5C4CCCCC4)CC1OC3=O)C2. The Morgan fingerprint density at radius 3 is 2.35 bits per heavy atom. The maximum atomic E-state index is 15.4. The van der Waals surface area contributed by atoms with Crippen molar-refractivity contribution in [2.75, 3.05) is 18.5 Å². The average molecular weight is 1020 g/mol. The zero-order valence-corrected chi connectivity index (χ0v) is 43.3. The molecule has 3 aromatic rings. The number of anilines is 1. The molecule has 0 aromatic heterocycles. The van der Waals surface area contributed by atoms with Gasteiger partial charge in [0, 0.05) is 60.0 Å². The van der Waals surface area contributed by atoms with Gasteiger partial charge in [-0.2, -0.15) is 0 Å². The normalized spacial score (nSPS) is 28.3. The molecule has 3 aromatic carbocycles. The van der Waals surface area contributed by atoms with Crippen molar-refractivity contribution in [3.8, 4) is 23.3 Å². The Kier molecular flexibility index (Phi) is 17.0. The summed E-state index contributed by atoms with van der Waals surface area (Å²) in [7, 11) is 0. The first-order valence-electron chi connectivity index (χ1n) is 27.6. The molecule has 0 saturated heterocycles. The van der Waals surface area contributed by atoms with E-state index in [9.17, 15) is 40.2 Å². The quantitative estimate of drug-likeness (QED) is 0.0516. The minimum atomic E-state index is -1.66. The van der Waals surface area contributed by atoms with Gasteiger partial charge in [0.1, 0.15) is 40.7 Å². The molecule has 3 aliphatic carbocycles. The smallest absolute Gasteiger partial charge is 0.334 e. The molecule has 3 heterocycles. The lowest BCUT2D eigenvalue weighted by molar-refractivity contribution is -0.176. The van der Waals surface area contributed by atoms with Gasteiger partial charge in [-0.05, 0) is 129 Å². The Morgan fingerprint density at radius 2 is 1.61 bits per heavy atom. The van der Waals surface area contributed by atoms with Crippen molar-refractivity contribution in [2.45, 2.75) is 202 Å². The summed E-state index contributed by atoms with van der Waals surface area (Å²) in [6.45, 7) is 3.05. The number of esters is 2. The van der Waals surface area contributed by atoms with Crippen LogP contribution in [0.2, 0.25) is 0 Å². The maximum Gasteiger partial charge on any atom is 0.334 e. The first-order chi connectivity index (χ1) is 35.6. The van der Waals surface area contributed by atoms with Crippen LogP contribution in [0.15, 0.2) is 60.2 Å². The van der Waals surface area contributed by atoms with Gasteiger partial charge in [0.25, 0.3) is 0 Å². The lowest BCUT2D eigenvalue weighted by atomic mass is 9.66. The predicted molar refractivity (Wildman–Crippen MR) is 280 cm³/mol. The van der Waals surface area contributed by atoms with Gasteiger partial charge in [-0.25, -0.2) is 4.79 Å². The van der Waals surface area contributed by atoms with Crippen LogP contribution < -0.4 is 10.1 Å². The summed E-state index contributed by atoms with van der Waals surface area (Å²) in [6, 6.07) is 14.9. The number of ketones is 1. The third-order valence-corrected chi connectivity index (χ3v) is 17.1. The summed E-state index contributed by atoms with van der Waals surface area (Å²) in [5.41, 5.74) is 1.78. The zero-order valence-electron chi connectivity index (χ0n) is 43.3. The topological polar surface area (TPSA) is 212 Å². The van der Waals surface area contributed by atoms with Crippen LogP contribution in [0, 0.1) is 23.7 Å². The van der Waals surface area contributed by atoms with E-state index < -0.39 is 65.1 Å². The van der Waals surface area contributed by atoms with E-state index in [0.29, 0.717) is 64.9 Å². The monoisotopic (exact) mass is 1020 g/mol. The number of phenols is 1. The third kappa shape index (κ3) is 12.3. The van der Waals surface area contributed by atoms with Crippen molar-refractivity contribution in [2.24, 2.45) is 11.8 Å². The number of carbonyl (C=O) groups excluding carboxylic acids is 3. The van der Waals surface area contributed by atoms with Crippen molar-refractivity contribution in [1.29, 1.82) is 0 Å². The Labute approximate surface area is 436 Å². The number of hydrogen-bond acceptors (Lipinski definition) is 13. The highest BCUT2D eigenvalue weighted by Gasteiger charge is 2.49. The van der Waals surface area contributed by atoms with Gasteiger partial charge in [-0.3, -0.25) is 9.59 Å². The number of ether oxygens (including phenoxy) is 3. The third-order valence-electron chi connectivity index (χ3n) is 17.1. The molecule has 9 unspecified atom stereocenters. The zero-order chi connectivity index (χ0) is 52.1. The van der Waals surface area contributed by atoms with E-state index >= 15 is 4.79 Å². The molecule has 3 saturated carbocycles. The highest BCUT2D eigenvalue weighted by Crippen LogP contribution is 2.51. The molecular weight excluding hydrogens is 939 g/mol. The minimum Gasteiger partial charge on any atom is -0.507 e. The molecule has 9 atom stereocenters. The summed E-state index contributed by atoms with van der Waals surface area (Å²) in [5.74, 6) is 3.52. The molecule has 3 aliphatic heterocycles. The molecule has 3 fully saturated rings. The number of phenolic OH excluding ortho intramolecular Hbond substituents is 1. The highest BCUT2D eigenvalue weighted by atomic mass is 16.6. The van der Waals surface area contributed by atoms with Crippen molar-refractivity contribution in [3.05, 3.63) is 99.1 Å². The Morgan fingerprint density at radius 1 is 0.878 bits per heavy atom. The maximum absolute atomic E-state index is 15.4. The van der Waals surface area contributed by atoms with Crippen molar-refractivity contribution < 1.29 is 59.2 Å². The number of Topliss-reactive ketones (excluding diaryl/α,β-unsaturated/α-hetero) is 1. The Hall–Kier alpha value is -5.07. The first kappa shape index (κ1) is 53.7. The van der Waals surface area contributed by atoms with E-state index in [0.717, 1.165) is 75.3 Å². The second-order valence-electron chi connectivity index (χ2n) is 22.7. The molecule has 13 nitrogen and oxygen atoms in total. The second kappa shape index (κ2) is 23.4. The summed E-state index contributed by atoms with van der Waals surface area (Å²) in [4.78, 5) is 42.8. The molecule has 13 heteroatoms. The molecule has 0 radical (unpaired) electrons. The summed E-state index contributed by atoms with van der Waals surface area (Å²) in [6.07, 6.45) is 9.67. The molecule has 7 N–H and O–H groups in total.